The predicted octanol–water partition coefficient (Wildman–Crippen LogP) is 3.05. The van der Waals surface area contributed by atoms with E-state index in [-0.39, 0.29) is 5.92 Å². The molecule has 3 rings (SSSR count). The third-order valence-electron chi connectivity index (χ3n) is 4.59. The van der Waals surface area contributed by atoms with E-state index >= 15 is 0 Å². The van der Waals surface area contributed by atoms with Crippen LogP contribution in [0.5, 0.6) is 17.2 Å². The van der Waals surface area contributed by atoms with E-state index in [9.17, 15) is 5.11 Å². The second-order valence-corrected chi connectivity index (χ2v) is 6.37. The fourth-order valence-electron chi connectivity index (χ4n) is 2.91. The van der Waals surface area contributed by atoms with Crippen LogP contribution in [0.25, 0.3) is 0 Å². The maximum Gasteiger partial charge on any atom is 0.164 e. The summed E-state index contributed by atoms with van der Waals surface area (Å²) in [7, 11) is 3.16. The molecule has 25 heavy (non-hydrogen) atoms. The summed E-state index contributed by atoms with van der Waals surface area (Å²) >= 11 is 0. The normalized spacial score (nSPS) is 16.2. The molecule has 5 heteroatoms. The molecule has 0 heterocycles. The molecule has 0 bridgehead atoms. The number of aliphatic hydroxyl groups excluding tert-OH is 1. The molecule has 1 aliphatic carbocycles. The van der Waals surface area contributed by atoms with Crippen molar-refractivity contribution in [1.82, 2.24) is 0 Å². The molecule has 0 radical (unpaired) electrons. The minimum atomic E-state index is -0.586. The second kappa shape index (κ2) is 7.76. The van der Waals surface area contributed by atoms with Gasteiger partial charge in [-0.2, -0.15) is 0 Å². The van der Waals surface area contributed by atoms with Crippen LogP contribution in [-0.4, -0.2) is 25.4 Å². The highest BCUT2D eigenvalue weighted by atomic mass is 16.5. The minimum Gasteiger partial charge on any atom is -0.493 e. The van der Waals surface area contributed by atoms with E-state index in [0.717, 1.165) is 24.0 Å². The molecule has 1 aliphatic rings. The third-order valence-corrected chi connectivity index (χ3v) is 4.59. The Hall–Kier alpha value is -2.24. The number of rotatable bonds is 8. The SMILES string of the molecule is COc1cc(OCc2ccccc2)c([C@H](N)[C@H](O)C2CC2)cc1OC. The third kappa shape index (κ3) is 4.06. The molecule has 0 aliphatic heterocycles. The van der Waals surface area contributed by atoms with Gasteiger partial charge in [0.25, 0.3) is 0 Å². The summed E-state index contributed by atoms with van der Waals surface area (Å²) in [5.74, 6) is 2.02. The standard InChI is InChI=1S/C20H25NO4/c1-23-17-10-15(19(21)20(22)14-8-9-14)16(11-18(17)24-2)25-12-13-6-4-3-5-7-13/h3-7,10-11,14,19-20,22H,8-9,12,21H2,1-2H3/t19-,20+/m0/s1. The summed E-state index contributed by atoms with van der Waals surface area (Å²) in [6.45, 7) is 0.412. The number of hydrogen-bond donors (Lipinski definition) is 2. The first-order chi connectivity index (χ1) is 12.1. The molecule has 1 fully saturated rings. The molecule has 0 aromatic heterocycles. The van der Waals surface area contributed by atoms with Crippen molar-refractivity contribution in [2.75, 3.05) is 14.2 Å². The van der Waals surface area contributed by atoms with Crippen molar-refractivity contribution in [3.8, 4) is 17.2 Å². The van der Waals surface area contributed by atoms with E-state index in [1.165, 1.54) is 0 Å². The van der Waals surface area contributed by atoms with E-state index in [4.69, 9.17) is 19.9 Å². The lowest BCUT2D eigenvalue weighted by molar-refractivity contribution is 0.120. The number of nitrogens with two attached hydrogens (primary N) is 1. The predicted molar refractivity (Wildman–Crippen MR) is 96.0 cm³/mol. The highest BCUT2D eigenvalue weighted by molar-refractivity contribution is 5.52. The Morgan fingerprint density at radius 2 is 1.68 bits per heavy atom. The summed E-state index contributed by atoms with van der Waals surface area (Å²) in [6.07, 6.45) is 1.45. The number of ether oxygens (including phenoxy) is 3. The minimum absolute atomic E-state index is 0.269. The van der Waals surface area contributed by atoms with Crippen LogP contribution in [0.1, 0.15) is 30.0 Å². The molecule has 3 N–H and O–H groups in total. The van der Waals surface area contributed by atoms with Gasteiger partial charge in [0.15, 0.2) is 11.5 Å². The van der Waals surface area contributed by atoms with Gasteiger partial charge in [-0.25, -0.2) is 0 Å². The Kier molecular flexibility index (Phi) is 5.46. The molecule has 2 aromatic carbocycles. The Bertz CT molecular complexity index is 700. The van der Waals surface area contributed by atoms with Crippen molar-refractivity contribution < 1.29 is 19.3 Å². The van der Waals surface area contributed by atoms with Gasteiger partial charge in [-0.05, 0) is 30.4 Å². The quantitative estimate of drug-likeness (QED) is 0.771. The van der Waals surface area contributed by atoms with Gasteiger partial charge in [-0.3, -0.25) is 0 Å². The zero-order valence-electron chi connectivity index (χ0n) is 14.6. The van der Waals surface area contributed by atoms with Crippen LogP contribution in [0.4, 0.5) is 0 Å². The van der Waals surface area contributed by atoms with Crippen LogP contribution in [0.3, 0.4) is 0 Å². The molecule has 1 saturated carbocycles. The molecule has 0 amide bonds. The van der Waals surface area contributed by atoms with Crippen LogP contribution < -0.4 is 19.9 Å². The number of aliphatic hydroxyl groups is 1. The van der Waals surface area contributed by atoms with Crippen LogP contribution in [0, 0.1) is 5.92 Å². The summed E-state index contributed by atoms with van der Waals surface area (Å²) in [5, 5.41) is 10.5. The van der Waals surface area contributed by atoms with Crippen molar-refractivity contribution in [3.63, 3.8) is 0 Å². The lowest BCUT2D eigenvalue weighted by Crippen LogP contribution is -2.28. The average Bonchev–Trinajstić information content (AvgIpc) is 3.50. The zero-order valence-corrected chi connectivity index (χ0v) is 14.6. The van der Waals surface area contributed by atoms with Gasteiger partial charge >= 0.3 is 0 Å². The van der Waals surface area contributed by atoms with E-state index in [1.54, 1.807) is 26.4 Å². The van der Waals surface area contributed by atoms with Gasteiger partial charge in [-0.15, -0.1) is 0 Å². The molecular weight excluding hydrogens is 318 g/mol. The number of benzene rings is 2. The van der Waals surface area contributed by atoms with Crippen molar-refractivity contribution >= 4 is 0 Å². The Morgan fingerprint density at radius 3 is 2.28 bits per heavy atom. The summed E-state index contributed by atoms with van der Waals surface area (Å²) in [6, 6.07) is 12.9. The van der Waals surface area contributed by atoms with Crippen LogP contribution in [0.2, 0.25) is 0 Å². The summed E-state index contributed by atoms with van der Waals surface area (Å²) in [5.41, 5.74) is 8.12. The number of hydrogen-bond acceptors (Lipinski definition) is 5. The molecule has 134 valence electrons. The highest BCUT2D eigenvalue weighted by Crippen LogP contribution is 2.42. The van der Waals surface area contributed by atoms with Crippen molar-refractivity contribution in [1.29, 1.82) is 0 Å². The average molecular weight is 343 g/mol. The number of methoxy groups -OCH3 is 2. The van der Waals surface area contributed by atoms with Crippen molar-refractivity contribution in [3.05, 3.63) is 53.6 Å². The van der Waals surface area contributed by atoms with Crippen LogP contribution in [-0.2, 0) is 6.61 Å². The Morgan fingerprint density at radius 1 is 1.04 bits per heavy atom. The Balaban J connectivity index is 1.89. The fourth-order valence-corrected chi connectivity index (χ4v) is 2.91. The maximum absolute atomic E-state index is 10.5. The van der Waals surface area contributed by atoms with E-state index in [2.05, 4.69) is 0 Å². The van der Waals surface area contributed by atoms with E-state index in [0.29, 0.717) is 23.9 Å². The van der Waals surface area contributed by atoms with Gasteiger partial charge in [0.2, 0.25) is 0 Å². The molecule has 2 atom stereocenters. The highest BCUT2D eigenvalue weighted by Gasteiger charge is 2.35. The summed E-state index contributed by atoms with van der Waals surface area (Å²) < 4.78 is 16.8. The van der Waals surface area contributed by atoms with Gasteiger partial charge in [0.1, 0.15) is 12.4 Å². The van der Waals surface area contributed by atoms with Crippen molar-refractivity contribution in [2.24, 2.45) is 11.7 Å². The first kappa shape index (κ1) is 17.6. The molecule has 2 aromatic rings. The van der Waals surface area contributed by atoms with Gasteiger partial charge < -0.3 is 25.1 Å². The fraction of sp³-hybridized carbons (Fsp3) is 0.400. The molecular formula is C20H25NO4. The Labute approximate surface area is 148 Å². The maximum atomic E-state index is 10.5. The molecule has 0 unspecified atom stereocenters. The lowest BCUT2D eigenvalue weighted by Gasteiger charge is -2.23. The molecule has 0 saturated heterocycles. The smallest absolute Gasteiger partial charge is 0.164 e. The molecule has 0 spiro atoms. The first-order valence-corrected chi connectivity index (χ1v) is 8.50. The van der Waals surface area contributed by atoms with E-state index < -0.39 is 12.1 Å². The lowest BCUT2D eigenvalue weighted by atomic mass is 9.97. The topological polar surface area (TPSA) is 73.9 Å². The van der Waals surface area contributed by atoms with Crippen LogP contribution in [0.15, 0.2) is 42.5 Å². The summed E-state index contributed by atoms with van der Waals surface area (Å²) in [4.78, 5) is 0. The zero-order chi connectivity index (χ0) is 17.8. The largest absolute Gasteiger partial charge is 0.493 e. The first-order valence-electron chi connectivity index (χ1n) is 8.50. The second-order valence-electron chi connectivity index (χ2n) is 6.37. The van der Waals surface area contributed by atoms with Gasteiger partial charge in [0.05, 0.1) is 26.4 Å². The van der Waals surface area contributed by atoms with Crippen molar-refractivity contribution in [2.45, 2.75) is 31.6 Å². The molecule has 5 nitrogen and oxygen atoms in total. The van der Waals surface area contributed by atoms with Gasteiger partial charge in [0, 0.05) is 11.6 Å². The monoisotopic (exact) mass is 343 g/mol. The van der Waals surface area contributed by atoms with Crippen LogP contribution >= 0.6 is 0 Å². The van der Waals surface area contributed by atoms with E-state index in [1.807, 2.05) is 30.3 Å². The van der Waals surface area contributed by atoms with Gasteiger partial charge in [-0.1, -0.05) is 30.3 Å².